The highest BCUT2D eigenvalue weighted by molar-refractivity contribution is 5.93. The Kier molecular flexibility index (Phi) is 5.40. The Labute approximate surface area is 149 Å². The lowest BCUT2D eigenvalue weighted by atomic mass is 9.82. The third kappa shape index (κ3) is 4.31. The quantitative estimate of drug-likeness (QED) is 0.529. The van der Waals surface area contributed by atoms with Gasteiger partial charge >= 0.3 is 12.1 Å². The molecule has 1 fully saturated rings. The number of halogens is 3. The van der Waals surface area contributed by atoms with Crippen molar-refractivity contribution in [2.75, 3.05) is 0 Å². The van der Waals surface area contributed by atoms with Crippen molar-refractivity contribution >= 4 is 11.7 Å². The molecule has 1 saturated carbocycles. The number of hydrogen-bond donors (Lipinski definition) is 0. The highest BCUT2D eigenvalue weighted by Crippen LogP contribution is 2.31. The molecule has 2 aromatic rings. The van der Waals surface area contributed by atoms with Crippen LogP contribution in [0.1, 0.15) is 53.1 Å². The van der Waals surface area contributed by atoms with Crippen LogP contribution in [0.25, 0.3) is 0 Å². The van der Waals surface area contributed by atoms with Gasteiger partial charge in [0, 0.05) is 5.92 Å². The molecule has 3 nitrogen and oxygen atoms in total. The summed E-state index contributed by atoms with van der Waals surface area (Å²) in [6, 6.07) is 13.8. The maximum Gasteiger partial charge on any atom is 0.416 e. The Morgan fingerprint density at radius 3 is 2.35 bits per heavy atom. The normalized spacial score (nSPS) is 19.3. The molecule has 0 aromatic heterocycles. The number of alkyl halides is 3. The smallest absolute Gasteiger partial charge is 0.313 e. The lowest BCUT2D eigenvalue weighted by Gasteiger charge is -2.23. The van der Waals surface area contributed by atoms with E-state index >= 15 is 0 Å². The van der Waals surface area contributed by atoms with Crippen LogP contribution in [0, 0.1) is 0 Å². The van der Waals surface area contributed by atoms with E-state index in [1.54, 1.807) is 0 Å². The van der Waals surface area contributed by atoms with Crippen molar-refractivity contribution in [3.8, 4) is 0 Å². The molecule has 0 N–H and O–H groups in total. The molecule has 0 amide bonds. The minimum Gasteiger partial charge on any atom is -0.313 e. The number of carbonyl (C=O) groups excluding carboxylic acids is 1. The van der Waals surface area contributed by atoms with Crippen molar-refractivity contribution in [2.45, 2.75) is 37.8 Å². The Morgan fingerprint density at radius 2 is 1.69 bits per heavy atom. The number of hydrogen-bond acceptors (Lipinski definition) is 3. The van der Waals surface area contributed by atoms with Gasteiger partial charge in [-0.2, -0.15) is 13.2 Å². The van der Waals surface area contributed by atoms with Crippen LogP contribution in [-0.2, 0) is 11.0 Å². The Balaban J connectivity index is 1.72. The lowest BCUT2D eigenvalue weighted by Crippen LogP contribution is -2.18. The van der Waals surface area contributed by atoms with Crippen molar-refractivity contribution in [3.05, 3.63) is 71.3 Å². The van der Waals surface area contributed by atoms with Crippen molar-refractivity contribution in [1.82, 2.24) is 0 Å². The fourth-order valence-electron chi connectivity index (χ4n) is 3.10. The average molecular weight is 361 g/mol. The second-order valence-corrected chi connectivity index (χ2v) is 6.25. The highest BCUT2D eigenvalue weighted by Gasteiger charge is 2.30. The van der Waals surface area contributed by atoms with Crippen LogP contribution in [0.4, 0.5) is 13.2 Å². The van der Waals surface area contributed by atoms with E-state index in [1.165, 1.54) is 0 Å². The van der Waals surface area contributed by atoms with Crippen molar-refractivity contribution in [3.63, 3.8) is 0 Å². The third-order valence-corrected chi connectivity index (χ3v) is 4.47. The summed E-state index contributed by atoms with van der Waals surface area (Å²) in [4.78, 5) is 17.1. The van der Waals surface area contributed by atoms with Crippen LogP contribution in [0.2, 0.25) is 0 Å². The fraction of sp³-hybridized carbons (Fsp3) is 0.300. The first-order valence-corrected chi connectivity index (χ1v) is 8.45. The predicted molar refractivity (Wildman–Crippen MR) is 91.9 cm³/mol. The standard InChI is InChI=1S/C20H18F3NO2/c21-20(22,23)16-12-10-15(11-13-16)19(25)26-24-18-9-5-4-8-17(18)14-6-2-1-3-7-14/h1-3,6-7,10-13,17H,4-5,8-9H2. The van der Waals surface area contributed by atoms with Crippen LogP contribution in [0.15, 0.2) is 59.8 Å². The summed E-state index contributed by atoms with van der Waals surface area (Å²) in [5, 5.41) is 4.03. The minimum atomic E-state index is -4.44. The van der Waals surface area contributed by atoms with E-state index in [4.69, 9.17) is 4.84 Å². The topological polar surface area (TPSA) is 38.7 Å². The number of nitrogens with zero attached hydrogens (tertiary/aromatic N) is 1. The molecule has 1 unspecified atom stereocenters. The fourth-order valence-corrected chi connectivity index (χ4v) is 3.10. The lowest BCUT2D eigenvalue weighted by molar-refractivity contribution is -0.137. The zero-order valence-corrected chi connectivity index (χ0v) is 14.0. The molecule has 0 spiro atoms. The molecular weight excluding hydrogens is 343 g/mol. The van der Waals surface area contributed by atoms with Gasteiger partial charge in [0.15, 0.2) is 0 Å². The zero-order chi connectivity index (χ0) is 18.6. The monoisotopic (exact) mass is 361 g/mol. The summed E-state index contributed by atoms with van der Waals surface area (Å²) < 4.78 is 37.7. The summed E-state index contributed by atoms with van der Waals surface area (Å²) in [5.41, 5.74) is 1.14. The van der Waals surface area contributed by atoms with Crippen molar-refractivity contribution < 1.29 is 22.8 Å². The van der Waals surface area contributed by atoms with Crippen LogP contribution >= 0.6 is 0 Å². The van der Waals surface area contributed by atoms with Crippen LogP contribution in [0.5, 0.6) is 0 Å². The summed E-state index contributed by atoms with van der Waals surface area (Å²) in [6.07, 6.45) is -0.723. The van der Waals surface area contributed by atoms with E-state index in [9.17, 15) is 18.0 Å². The predicted octanol–water partition coefficient (Wildman–Crippen LogP) is 5.58. The van der Waals surface area contributed by atoms with Gasteiger partial charge in [-0.05, 0) is 49.1 Å². The second-order valence-electron chi connectivity index (χ2n) is 6.25. The van der Waals surface area contributed by atoms with Crippen LogP contribution < -0.4 is 0 Å². The maximum atomic E-state index is 12.6. The summed E-state index contributed by atoms with van der Waals surface area (Å²) in [7, 11) is 0. The molecule has 26 heavy (non-hydrogen) atoms. The first-order chi connectivity index (χ1) is 12.4. The zero-order valence-electron chi connectivity index (χ0n) is 14.0. The van der Waals surface area contributed by atoms with Gasteiger partial charge < -0.3 is 4.84 Å². The minimum absolute atomic E-state index is 0.0365. The number of carbonyl (C=O) groups is 1. The molecule has 0 saturated heterocycles. The van der Waals surface area contributed by atoms with Crippen LogP contribution in [-0.4, -0.2) is 11.7 Å². The van der Waals surface area contributed by atoms with Gasteiger partial charge in [0.1, 0.15) is 0 Å². The SMILES string of the molecule is O=C(ON=C1CCCCC1c1ccccc1)c1ccc(C(F)(F)F)cc1. The first-order valence-electron chi connectivity index (χ1n) is 8.45. The Morgan fingerprint density at radius 1 is 1.00 bits per heavy atom. The molecule has 0 heterocycles. The summed E-state index contributed by atoms with van der Waals surface area (Å²) in [6.45, 7) is 0. The van der Waals surface area contributed by atoms with E-state index in [0.717, 1.165) is 61.2 Å². The molecule has 1 atom stereocenters. The first kappa shape index (κ1) is 18.2. The van der Waals surface area contributed by atoms with Gasteiger partial charge in [-0.15, -0.1) is 0 Å². The van der Waals surface area contributed by atoms with Crippen molar-refractivity contribution in [2.24, 2.45) is 5.16 Å². The van der Waals surface area contributed by atoms with E-state index in [-0.39, 0.29) is 11.5 Å². The van der Waals surface area contributed by atoms with E-state index in [2.05, 4.69) is 5.16 Å². The van der Waals surface area contributed by atoms with Gasteiger partial charge in [0.05, 0.1) is 16.8 Å². The van der Waals surface area contributed by atoms with Gasteiger partial charge in [-0.25, -0.2) is 4.79 Å². The molecule has 0 bridgehead atoms. The molecule has 3 rings (SSSR count). The largest absolute Gasteiger partial charge is 0.416 e. The maximum absolute atomic E-state index is 12.6. The van der Waals surface area contributed by atoms with Gasteiger partial charge in [0.2, 0.25) is 0 Å². The van der Waals surface area contributed by atoms with E-state index in [1.807, 2.05) is 30.3 Å². The molecule has 1 aliphatic rings. The second kappa shape index (κ2) is 7.72. The van der Waals surface area contributed by atoms with Gasteiger partial charge in [0.25, 0.3) is 0 Å². The number of rotatable bonds is 3. The molecule has 0 aliphatic heterocycles. The van der Waals surface area contributed by atoms with E-state index < -0.39 is 17.7 Å². The molecule has 0 radical (unpaired) electrons. The van der Waals surface area contributed by atoms with Gasteiger partial charge in [-0.1, -0.05) is 41.9 Å². The molecule has 6 heteroatoms. The van der Waals surface area contributed by atoms with Gasteiger partial charge in [-0.3, -0.25) is 0 Å². The summed E-state index contributed by atoms with van der Waals surface area (Å²) in [5.74, 6) is -0.658. The molecular formula is C20H18F3NO2. The van der Waals surface area contributed by atoms with Crippen LogP contribution in [0.3, 0.4) is 0 Å². The molecule has 136 valence electrons. The Hall–Kier alpha value is -2.63. The number of oxime groups is 1. The number of benzene rings is 2. The van der Waals surface area contributed by atoms with Crippen molar-refractivity contribution in [1.29, 1.82) is 0 Å². The third-order valence-electron chi connectivity index (χ3n) is 4.47. The molecule has 2 aromatic carbocycles. The average Bonchev–Trinajstić information content (AvgIpc) is 2.66. The Bertz CT molecular complexity index is 783. The van der Waals surface area contributed by atoms with E-state index in [0.29, 0.717) is 0 Å². The summed E-state index contributed by atoms with van der Waals surface area (Å²) >= 11 is 0. The highest BCUT2D eigenvalue weighted by atomic mass is 19.4. The molecule has 1 aliphatic carbocycles.